The summed E-state index contributed by atoms with van der Waals surface area (Å²) in [6.45, 7) is 6.12. The Morgan fingerprint density at radius 1 is 0.963 bits per heavy atom. The molecule has 3 rings (SSSR count). The van der Waals surface area contributed by atoms with Gasteiger partial charge in [-0.1, -0.05) is 35.3 Å². The van der Waals surface area contributed by atoms with Crippen molar-refractivity contribution >= 4 is 38.9 Å². The van der Waals surface area contributed by atoms with Gasteiger partial charge < -0.3 is 9.64 Å². The third-order valence-electron chi connectivity index (χ3n) is 4.77. The molecule has 0 spiro atoms. The van der Waals surface area contributed by atoms with E-state index in [2.05, 4.69) is 36.9 Å². The van der Waals surface area contributed by atoms with Gasteiger partial charge in [0.25, 0.3) is 0 Å². The maximum Gasteiger partial charge on any atom is 0.244 e. The molecule has 0 N–H and O–H groups in total. The van der Waals surface area contributed by atoms with E-state index in [9.17, 15) is 8.42 Å². The summed E-state index contributed by atoms with van der Waals surface area (Å²) in [5.74, 6) is 0.348. The average molecular weight is 429 g/mol. The quantitative estimate of drug-likeness (QED) is 0.734. The topological polar surface area (TPSA) is 49.9 Å². The van der Waals surface area contributed by atoms with Crippen LogP contribution < -0.4 is 9.64 Å². The van der Waals surface area contributed by atoms with E-state index in [0.29, 0.717) is 31.9 Å². The molecular formula is C19H22Cl2N2O3S. The van der Waals surface area contributed by atoms with Crippen molar-refractivity contribution in [1.82, 2.24) is 4.31 Å². The highest BCUT2D eigenvalue weighted by Gasteiger charge is 2.31. The van der Waals surface area contributed by atoms with Gasteiger partial charge in [0.1, 0.15) is 10.6 Å². The van der Waals surface area contributed by atoms with Crippen LogP contribution in [0.15, 0.2) is 35.2 Å². The molecule has 27 heavy (non-hydrogen) atoms. The first-order valence-corrected chi connectivity index (χ1v) is 10.8. The third-order valence-corrected chi connectivity index (χ3v) is 7.43. The minimum Gasteiger partial charge on any atom is -0.495 e. The summed E-state index contributed by atoms with van der Waals surface area (Å²) in [4.78, 5) is 2.23. The zero-order chi connectivity index (χ0) is 19.8. The summed E-state index contributed by atoms with van der Waals surface area (Å²) in [6, 6.07) is 9.10. The number of hydrogen-bond donors (Lipinski definition) is 0. The molecular weight excluding hydrogens is 407 g/mol. The first-order valence-electron chi connectivity index (χ1n) is 8.59. The van der Waals surface area contributed by atoms with Gasteiger partial charge in [-0.15, -0.1) is 0 Å². The van der Waals surface area contributed by atoms with E-state index in [4.69, 9.17) is 27.9 Å². The molecule has 0 saturated carbocycles. The molecule has 0 amide bonds. The minimum atomic E-state index is -3.73. The molecule has 0 aliphatic carbocycles. The second-order valence-corrected chi connectivity index (χ2v) is 9.32. The third kappa shape index (κ3) is 4.04. The van der Waals surface area contributed by atoms with Crippen LogP contribution in [-0.4, -0.2) is 46.0 Å². The monoisotopic (exact) mass is 428 g/mol. The molecule has 0 radical (unpaired) electrons. The van der Waals surface area contributed by atoms with Crippen LogP contribution in [0.3, 0.4) is 0 Å². The Kier molecular flexibility index (Phi) is 5.91. The van der Waals surface area contributed by atoms with Crippen molar-refractivity contribution in [3.8, 4) is 5.75 Å². The van der Waals surface area contributed by atoms with Gasteiger partial charge in [0, 0.05) is 37.9 Å². The lowest BCUT2D eigenvalue weighted by Gasteiger charge is -2.36. The Balaban J connectivity index is 1.81. The Bertz CT molecular complexity index is 956. The first-order chi connectivity index (χ1) is 12.7. The van der Waals surface area contributed by atoms with Crippen molar-refractivity contribution < 1.29 is 13.2 Å². The molecule has 2 aromatic rings. The number of halogens is 2. The van der Waals surface area contributed by atoms with E-state index in [0.717, 1.165) is 5.69 Å². The Labute approximate surface area is 170 Å². The minimum absolute atomic E-state index is 0.00940. The number of anilines is 1. The van der Waals surface area contributed by atoms with E-state index >= 15 is 0 Å². The van der Waals surface area contributed by atoms with Crippen molar-refractivity contribution in [2.75, 3.05) is 38.2 Å². The molecule has 0 bridgehead atoms. The smallest absolute Gasteiger partial charge is 0.244 e. The molecule has 0 aromatic heterocycles. The lowest BCUT2D eigenvalue weighted by Crippen LogP contribution is -2.48. The van der Waals surface area contributed by atoms with Crippen LogP contribution in [0, 0.1) is 13.8 Å². The summed E-state index contributed by atoms with van der Waals surface area (Å²) in [5.41, 5.74) is 3.52. The van der Waals surface area contributed by atoms with Crippen LogP contribution in [-0.2, 0) is 10.0 Å². The van der Waals surface area contributed by atoms with Gasteiger partial charge in [0.05, 0.1) is 17.2 Å². The zero-order valence-corrected chi connectivity index (χ0v) is 17.8. The predicted octanol–water partition coefficient (Wildman–Crippen LogP) is 4.13. The number of sulfonamides is 1. The van der Waals surface area contributed by atoms with Crippen molar-refractivity contribution in [1.29, 1.82) is 0 Å². The molecule has 1 aliphatic rings. The summed E-state index contributed by atoms with van der Waals surface area (Å²) in [6.07, 6.45) is 0. The molecule has 1 aliphatic heterocycles. The molecule has 1 saturated heterocycles. The number of benzene rings is 2. The van der Waals surface area contributed by atoms with Crippen molar-refractivity contribution in [3.05, 3.63) is 51.5 Å². The van der Waals surface area contributed by atoms with Crippen molar-refractivity contribution in [2.45, 2.75) is 18.7 Å². The molecule has 1 heterocycles. The lowest BCUT2D eigenvalue weighted by molar-refractivity contribution is 0.384. The molecule has 146 valence electrons. The van der Waals surface area contributed by atoms with Crippen LogP contribution in [0.4, 0.5) is 5.69 Å². The molecule has 1 fully saturated rings. The fourth-order valence-electron chi connectivity index (χ4n) is 3.23. The standard InChI is InChI=1S/C19H22Cl2N2O3S/c1-13-4-5-14(2)17(10-13)22-6-8-23(9-7-22)27(24,25)19-12-15(20)18(26-3)11-16(19)21/h4-5,10-12H,6-9H2,1-3H3. The van der Waals surface area contributed by atoms with E-state index in [1.165, 1.54) is 34.7 Å². The van der Waals surface area contributed by atoms with Gasteiger partial charge in [0.2, 0.25) is 10.0 Å². The largest absolute Gasteiger partial charge is 0.495 e. The highest BCUT2D eigenvalue weighted by Crippen LogP contribution is 2.35. The zero-order valence-electron chi connectivity index (χ0n) is 15.5. The number of hydrogen-bond acceptors (Lipinski definition) is 4. The molecule has 5 nitrogen and oxygen atoms in total. The number of aryl methyl sites for hydroxylation is 2. The second-order valence-electron chi connectivity index (χ2n) is 6.60. The maximum absolute atomic E-state index is 13.0. The fourth-order valence-corrected chi connectivity index (χ4v) is 5.48. The summed E-state index contributed by atoms with van der Waals surface area (Å²) in [7, 11) is -2.27. The maximum atomic E-state index is 13.0. The predicted molar refractivity (Wildman–Crippen MR) is 110 cm³/mol. The Hall–Kier alpha value is -1.47. The molecule has 8 heteroatoms. The summed E-state index contributed by atoms with van der Waals surface area (Å²) < 4.78 is 32.6. The number of methoxy groups -OCH3 is 1. The van der Waals surface area contributed by atoms with Crippen LogP contribution in [0.5, 0.6) is 5.75 Å². The van der Waals surface area contributed by atoms with E-state index < -0.39 is 10.0 Å². The fraction of sp³-hybridized carbons (Fsp3) is 0.368. The lowest BCUT2D eigenvalue weighted by atomic mass is 10.1. The van der Waals surface area contributed by atoms with Gasteiger partial charge in [-0.3, -0.25) is 0 Å². The number of rotatable bonds is 4. The molecule has 0 atom stereocenters. The van der Waals surface area contributed by atoms with Crippen molar-refractivity contribution in [2.24, 2.45) is 0 Å². The van der Waals surface area contributed by atoms with Gasteiger partial charge >= 0.3 is 0 Å². The van der Waals surface area contributed by atoms with Crippen molar-refractivity contribution in [3.63, 3.8) is 0 Å². The van der Waals surface area contributed by atoms with E-state index in [-0.39, 0.29) is 14.9 Å². The van der Waals surface area contributed by atoms with Crippen LogP contribution in [0.25, 0.3) is 0 Å². The molecule has 0 unspecified atom stereocenters. The van der Waals surface area contributed by atoms with Gasteiger partial charge in [-0.2, -0.15) is 4.31 Å². The van der Waals surface area contributed by atoms with Gasteiger partial charge in [0.15, 0.2) is 0 Å². The Morgan fingerprint density at radius 3 is 2.26 bits per heavy atom. The highest BCUT2D eigenvalue weighted by atomic mass is 35.5. The number of ether oxygens (including phenoxy) is 1. The van der Waals surface area contributed by atoms with E-state index in [1.54, 1.807) is 0 Å². The SMILES string of the molecule is COc1cc(Cl)c(S(=O)(=O)N2CCN(c3cc(C)ccc3C)CC2)cc1Cl. The van der Waals surface area contributed by atoms with Gasteiger partial charge in [-0.05, 0) is 37.1 Å². The Morgan fingerprint density at radius 2 is 1.63 bits per heavy atom. The highest BCUT2D eigenvalue weighted by molar-refractivity contribution is 7.89. The van der Waals surface area contributed by atoms with Crippen LogP contribution in [0.1, 0.15) is 11.1 Å². The first kappa shape index (κ1) is 20.3. The van der Waals surface area contributed by atoms with Gasteiger partial charge in [-0.25, -0.2) is 8.42 Å². The second kappa shape index (κ2) is 7.87. The van der Waals surface area contributed by atoms with Crippen LogP contribution in [0.2, 0.25) is 10.0 Å². The molecule has 2 aromatic carbocycles. The normalized spacial score (nSPS) is 15.8. The number of piperazine rings is 1. The van der Waals surface area contributed by atoms with Crippen LogP contribution >= 0.6 is 23.2 Å². The van der Waals surface area contributed by atoms with E-state index in [1.807, 2.05) is 0 Å². The average Bonchev–Trinajstić information content (AvgIpc) is 2.65. The summed E-state index contributed by atoms with van der Waals surface area (Å²) in [5, 5.41) is 0.322. The number of nitrogens with zero attached hydrogens (tertiary/aromatic N) is 2. The summed E-state index contributed by atoms with van der Waals surface area (Å²) >= 11 is 12.3.